The van der Waals surface area contributed by atoms with Gasteiger partial charge in [-0.1, -0.05) is 36.2 Å². The number of rotatable bonds is 3. The molecule has 0 heterocycles. The molecule has 0 saturated heterocycles. The fourth-order valence-corrected chi connectivity index (χ4v) is 3.00. The molecule has 1 N–H and O–H groups in total. The van der Waals surface area contributed by atoms with Crippen molar-refractivity contribution in [1.29, 1.82) is 0 Å². The van der Waals surface area contributed by atoms with Crippen molar-refractivity contribution in [2.45, 2.75) is 45.7 Å². The van der Waals surface area contributed by atoms with E-state index in [9.17, 15) is 4.39 Å². The second kappa shape index (κ2) is 5.07. The average Bonchev–Trinajstić information content (AvgIpc) is 2.59. The van der Waals surface area contributed by atoms with Crippen molar-refractivity contribution in [2.24, 2.45) is 5.41 Å². The maximum absolute atomic E-state index is 13.2. The van der Waals surface area contributed by atoms with Crippen LogP contribution in [0.2, 0.25) is 0 Å². The minimum absolute atomic E-state index is 0.171. The predicted octanol–water partition coefficient (Wildman–Crippen LogP) is 4.26. The summed E-state index contributed by atoms with van der Waals surface area (Å²) in [6.07, 6.45) is 3.78. The molecule has 1 aliphatic carbocycles. The predicted molar refractivity (Wildman–Crippen MR) is 72.4 cm³/mol. The summed E-state index contributed by atoms with van der Waals surface area (Å²) in [5.41, 5.74) is 1.35. The van der Waals surface area contributed by atoms with E-state index >= 15 is 0 Å². The van der Waals surface area contributed by atoms with Crippen molar-refractivity contribution in [3.63, 3.8) is 0 Å². The van der Waals surface area contributed by atoms with E-state index in [0.717, 1.165) is 16.6 Å². The SMILES string of the molecule is CC1(C)CCCC1NCc1cc(F)ccc1Br. The number of hydrogen-bond donors (Lipinski definition) is 1. The van der Waals surface area contributed by atoms with Gasteiger partial charge in [0.05, 0.1) is 0 Å². The molecule has 1 unspecified atom stereocenters. The van der Waals surface area contributed by atoms with Gasteiger partial charge in [-0.25, -0.2) is 4.39 Å². The van der Waals surface area contributed by atoms with E-state index in [-0.39, 0.29) is 5.82 Å². The standard InChI is InChI=1S/C14H19BrFN/c1-14(2)7-3-4-13(14)17-9-10-8-11(16)5-6-12(10)15/h5-6,8,13,17H,3-4,7,9H2,1-2H3. The molecule has 17 heavy (non-hydrogen) atoms. The Balaban J connectivity index is 2.00. The zero-order valence-corrected chi connectivity index (χ0v) is 12.0. The first-order valence-corrected chi connectivity index (χ1v) is 6.96. The molecule has 1 nitrogen and oxygen atoms in total. The minimum atomic E-state index is -0.171. The zero-order chi connectivity index (χ0) is 12.5. The quantitative estimate of drug-likeness (QED) is 0.879. The van der Waals surface area contributed by atoms with Crippen LogP contribution in [0, 0.1) is 11.2 Å². The number of nitrogens with one attached hydrogen (secondary N) is 1. The molecule has 0 amide bonds. The molecule has 1 saturated carbocycles. The van der Waals surface area contributed by atoms with Gasteiger partial charge in [-0.05, 0) is 42.0 Å². The largest absolute Gasteiger partial charge is 0.309 e. The monoisotopic (exact) mass is 299 g/mol. The second-order valence-electron chi connectivity index (χ2n) is 5.55. The minimum Gasteiger partial charge on any atom is -0.309 e. The van der Waals surface area contributed by atoms with Crippen molar-refractivity contribution in [2.75, 3.05) is 0 Å². The molecule has 1 aromatic carbocycles. The molecular formula is C14H19BrFN. The van der Waals surface area contributed by atoms with E-state index in [0.29, 0.717) is 11.5 Å². The van der Waals surface area contributed by atoms with Gasteiger partial charge in [-0.3, -0.25) is 0 Å². The van der Waals surface area contributed by atoms with E-state index in [1.807, 2.05) is 0 Å². The van der Waals surface area contributed by atoms with Crippen molar-refractivity contribution in [1.82, 2.24) is 5.32 Å². The lowest BCUT2D eigenvalue weighted by atomic mass is 9.87. The Morgan fingerprint density at radius 3 is 2.88 bits per heavy atom. The molecule has 1 atom stereocenters. The molecule has 0 aromatic heterocycles. The number of benzene rings is 1. The van der Waals surface area contributed by atoms with E-state index in [1.54, 1.807) is 12.1 Å². The van der Waals surface area contributed by atoms with Gasteiger partial charge < -0.3 is 5.32 Å². The van der Waals surface area contributed by atoms with Crippen LogP contribution in [0.1, 0.15) is 38.7 Å². The van der Waals surface area contributed by atoms with Gasteiger partial charge in [0.25, 0.3) is 0 Å². The van der Waals surface area contributed by atoms with E-state index in [4.69, 9.17) is 0 Å². The Morgan fingerprint density at radius 2 is 2.24 bits per heavy atom. The molecule has 0 spiro atoms. The molecular weight excluding hydrogens is 281 g/mol. The third kappa shape index (κ3) is 3.08. The molecule has 0 bridgehead atoms. The smallest absolute Gasteiger partial charge is 0.123 e. The molecule has 0 radical (unpaired) electrons. The topological polar surface area (TPSA) is 12.0 Å². The van der Waals surface area contributed by atoms with Gasteiger partial charge in [0.2, 0.25) is 0 Å². The second-order valence-corrected chi connectivity index (χ2v) is 6.40. The fourth-order valence-electron chi connectivity index (χ4n) is 2.62. The number of hydrogen-bond acceptors (Lipinski definition) is 1. The van der Waals surface area contributed by atoms with Gasteiger partial charge in [-0.15, -0.1) is 0 Å². The van der Waals surface area contributed by atoms with Gasteiger partial charge >= 0.3 is 0 Å². The van der Waals surface area contributed by atoms with Crippen molar-refractivity contribution < 1.29 is 4.39 Å². The summed E-state index contributed by atoms with van der Waals surface area (Å²) in [7, 11) is 0. The van der Waals surface area contributed by atoms with Crippen LogP contribution in [0.25, 0.3) is 0 Å². The van der Waals surface area contributed by atoms with Crippen LogP contribution in [-0.2, 0) is 6.54 Å². The Labute approximate surface area is 111 Å². The Bertz CT molecular complexity index is 403. The summed E-state index contributed by atoms with van der Waals surface area (Å²) >= 11 is 3.46. The van der Waals surface area contributed by atoms with E-state index in [2.05, 4.69) is 35.1 Å². The highest BCUT2D eigenvalue weighted by atomic mass is 79.9. The highest BCUT2D eigenvalue weighted by Gasteiger charge is 2.33. The first-order chi connectivity index (χ1) is 7.99. The van der Waals surface area contributed by atoms with Crippen LogP contribution < -0.4 is 5.32 Å². The van der Waals surface area contributed by atoms with Crippen molar-refractivity contribution in [3.8, 4) is 0 Å². The van der Waals surface area contributed by atoms with Gasteiger partial charge in [0.1, 0.15) is 5.82 Å². The van der Waals surface area contributed by atoms with Crippen LogP contribution in [0.5, 0.6) is 0 Å². The molecule has 94 valence electrons. The fraction of sp³-hybridized carbons (Fsp3) is 0.571. The zero-order valence-electron chi connectivity index (χ0n) is 10.4. The van der Waals surface area contributed by atoms with Gasteiger partial charge in [-0.2, -0.15) is 0 Å². The Morgan fingerprint density at radius 1 is 1.47 bits per heavy atom. The summed E-state index contributed by atoms with van der Waals surface area (Å²) in [4.78, 5) is 0. The number of halogens is 2. The summed E-state index contributed by atoms with van der Waals surface area (Å²) in [5.74, 6) is -0.171. The first-order valence-electron chi connectivity index (χ1n) is 6.16. The van der Waals surface area contributed by atoms with E-state index < -0.39 is 0 Å². The third-order valence-corrected chi connectivity index (χ3v) is 4.58. The lowest BCUT2D eigenvalue weighted by Gasteiger charge is -2.28. The van der Waals surface area contributed by atoms with Crippen LogP contribution >= 0.6 is 15.9 Å². The lowest BCUT2D eigenvalue weighted by molar-refractivity contribution is 0.282. The highest BCUT2D eigenvalue weighted by molar-refractivity contribution is 9.10. The summed E-state index contributed by atoms with van der Waals surface area (Å²) < 4.78 is 14.1. The summed E-state index contributed by atoms with van der Waals surface area (Å²) in [6.45, 7) is 5.34. The maximum atomic E-state index is 13.2. The molecule has 1 aliphatic rings. The maximum Gasteiger partial charge on any atom is 0.123 e. The van der Waals surface area contributed by atoms with Gasteiger partial charge in [0, 0.05) is 17.1 Å². The van der Waals surface area contributed by atoms with Crippen LogP contribution in [0.3, 0.4) is 0 Å². The lowest BCUT2D eigenvalue weighted by Crippen LogP contribution is -2.37. The Hall–Kier alpha value is -0.410. The molecule has 2 rings (SSSR count). The van der Waals surface area contributed by atoms with Crippen LogP contribution in [-0.4, -0.2) is 6.04 Å². The average molecular weight is 300 g/mol. The molecule has 0 aliphatic heterocycles. The first kappa shape index (κ1) is 13.0. The van der Waals surface area contributed by atoms with E-state index in [1.165, 1.54) is 25.3 Å². The Kier molecular flexibility index (Phi) is 3.88. The van der Waals surface area contributed by atoms with Crippen LogP contribution in [0.4, 0.5) is 4.39 Å². The highest BCUT2D eigenvalue weighted by Crippen LogP contribution is 2.37. The molecule has 1 fully saturated rings. The summed E-state index contributed by atoms with van der Waals surface area (Å²) in [6, 6.07) is 5.39. The molecule has 1 aromatic rings. The molecule has 3 heteroatoms. The normalized spacial score (nSPS) is 22.9. The van der Waals surface area contributed by atoms with Crippen molar-refractivity contribution >= 4 is 15.9 Å². The third-order valence-electron chi connectivity index (χ3n) is 3.80. The van der Waals surface area contributed by atoms with Crippen LogP contribution in [0.15, 0.2) is 22.7 Å². The van der Waals surface area contributed by atoms with Gasteiger partial charge in [0.15, 0.2) is 0 Å². The van der Waals surface area contributed by atoms with Crippen molar-refractivity contribution in [3.05, 3.63) is 34.1 Å². The summed E-state index contributed by atoms with van der Waals surface area (Å²) in [5, 5.41) is 3.56.